The van der Waals surface area contributed by atoms with Crippen LogP contribution in [0.4, 0.5) is 14.5 Å². The third kappa shape index (κ3) is 4.86. The van der Waals surface area contributed by atoms with Gasteiger partial charge in [0, 0.05) is 41.5 Å². The molecule has 1 N–H and O–H groups in total. The number of hydrogen-bond acceptors (Lipinski definition) is 6. The van der Waals surface area contributed by atoms with E-state index in [1.54, 1.807) is 32.9 Å². The van der Waals surface area contributed by atoms with Crippen LogP contribution >= 0.6 is 0 Å². The monoisotopic (exact) mass is 542 g/mol. The van der Waals surface area contributed by atoms with Gasteiger partial charge in [0.2, 0.25) is 0 Å². The Kier molecular flexibility index (Phi) is 7.00. The summed E-state index contributed by atoms with van der Waals surface area (Å²) in [5, 5.41) is 2.60. The molecule has 3 aromatic heterocycles. The van der Waals surface area contributed by atoms with Crippen molar-refractivity contribution in [2.24, 2.45) is 0 Å². The summed E-state index contributed by atoms with van der Waals surface area (Å²) in [6, 6.07) is 12.6. The van der Waals surface area contributed by atoms with Crippen LogP contribution in [0, 0.1) is 32.4 Å². The van der Waals surface area contributed by atoms with Crippen LogP contribution in [0.2, 0.25) is 0 Å². The predicted octanol–water partition coefficient (Wildman–Crippen LogP) is 6.04. The Labute approximate surface area is 227 Å². The summed E-state index contributed by atoms with van der Waals surface area (Å²) < 4.78 is 40.8. The number of hydrogen-bond donors (Lipinski definition) is 1. The van der Waals surface area contributed by atoms with Gasteiger partial charge in [0.25, 0.3) is 11.5 Å². The molecule has 0 radical (unpaired) electrons. The highest BCUT2D eigenvalue weighted by molar-refractivity contribution is 6.05. The van der Waals surface area contributed by atoms with Gasteiger partial charge in [-0.2, -0.15) is 0 Å². The van der Waals surface area contributed by atoms with E-state index < -0.39 is 23.1 Å². The molecule has 0 spiro atoms. The van der Waals surface area contributed by atoms with E-state index in [4.69, 9.17) is 9.47 Å². The van der Waals surface area contributed by atoms with E-state index in [0.717, 1.165) is 11.6 Å². The number of ether oxygens (including phenoxy) is 2. The number of aromatic nitrogens is 3. The number of fused-ring (bicyclic) bond motifs is 1. The van der Waals surface area contributed by atoms with E-state index in [1.807, 2.05) is 0 Å². The predicted molar refractivity (Wildman–Crippen MR) is 147 cm³/mol. The molecule has 0 unspecified atom stereocenters. The van der Waals surface area contributed by atoms with Crippen molar-refractivity contribution in [2.45, 2.75) is 20.8 Å². The molecule has 202 valence electrons. The molecule has 0 bridgehead atoms. The lowest BCUT2D eigenvalue weighted by Crippen LogP contribution is -2.32. The van der Waals surface area contributed by atoms with Gasteiger partial charge in [-0.15, -0.1) is 0 Å². The number of halogens is 2. The molecule has 8 nitrogen and oxygen atoms in total. The Bertz CT molecular complexity index is 1840. The lowest BCUT2D eigenvalue weighted by Gasteiger charge is -2.18. The lowest BCUT2D eigenvalue weighted by molar-refractivity contribution is 0.102. The topological polar surface area (TPSA) is 95.3 Å². The number of amides is 1. The van der Waals surface area contributed by atoms with Gasteiger partial charge >= 0.3 is 0 Å². The first-order chi connectivity index (χ1) is 19.2. The maximum Gasteiger partial charge on any atom is 0.268 e. The van der Waals surface area contributed by atoms with Gasteiger partial charge in [0.15, 0.2) is 17.3 Å². The van der Waals surface area contributed by atoms with Gasteiger partial charge in [-0.1, -0.05) is 0 Å². The van der Waals surface area contributed by atoms with E-state index in [0.29, 0.717) is 33.7 Å². The van der Waals surface area contributed by atoms with E-state index >= 15 is 4.39 Å². The van der Waals surface area contributed by atoms with Gasteiger partial charge in [0.1, 0.15) is 22.6 Å². The number of anilines is 1. The summed E-state index contributed by atoms with van der Waals surface area (Å²) in [7, 11) is 1.52. The summed E-state index contributed by atoms with van der Waals surface area (Å²) in [4.78, 5) is 35.3. The number of carbonyl (C=O) groups is 1. The van der Waals surface area contributed by atoms with Crippen LogP contribution < -0.4 is 20.3 Å². The van der Waals surface area contributed by atoms with E-state index in [2.05, 4.69) is 15.3 Å². The normalized spacial score (nSPS) is 10.9. The Morgan fingerprint density at radius 1 is 0.925 bits per heavy atom. The number of nitrogens with one attached hydrogen (secondary N) is 1. The third-order valence-electron chi connectivity index (χ3n) is 6.71. The maximum absolute atomic E-state index is 15.1. The minimum atomic E-state index is -0.739. The molecule has 0 atom stereocenters. The second-order valence-corrected chi connectivity index (χ2v) is 9.08. The zero-order valence-electron chi connectivity index (χ0n) is 22.1. The zero-order valence-corrected chi connectivity index (χ0v) is 22.1. The molecule has 0 aliphatic heterocycles. The van der Waals surface area contributed by atoms with Crippen molar-refractivity contribution in [1.82, 2.24) is 14.5 Å². The first-order valence-electron chi connectivity index (χ1n) is 12.2. The Morgan fingerprint density at radius 2 is 1.68 bits per heavy atom. The number of benzene rings is 2. The van der Waals surface area contributed by atoms with Crippen LogP contribution in [0.5, 0.6) is 17.2 Å². The fraction of sp³-hybridized carbons (Fsp3) is 0.133. The average Bonchev–Trinajstić information content (AvgIpc) is 2.94. The molecule has 5 rings (SSSR count). The van der Waals surface area contributed by atoms with E-state index in [-0.39, 0.29) is 22.7 Å². The Hall–Kier alpha value is -5.12. The van der Waals surface area contributed by atoms with E-state index in [9.17, 15) is 14.0 Å². The number of methoxy groups -OCH3 is 1. The van der Waals surface area contributed by atoms with Crippen molar-refractivity contribution in [3.63, 3.8) is 0 Å². The zero-order chi connectivity index (χ0) is 28.6. The molecular weight excluding hydrogens is 518 g/mol. The minimum absolute atomic E-state index is 0.0934. The number of rotatable bonds is 6. The SMILES string of the molecule is COc1cnc2c(Oc3ccc(NC(=O)c4c(C)c(C)c(C)n(-c5ccc(F)cc5)c4=O)cc3F)ccnc2c1. The first-order valence-corrected chi connectivity index (χ1v) is 12.2. The van der Waals surface area contributed by atoms with Gasteiger partial charge in [-0.3, -0.25) is 19.1 Å². The van der Waals surface area contributed by atoms with Crippen LogP contribution in [0.3, 0.4) is 0 Å². The van der Waals surface area contributed by atoms with Crippen LogP contribution in [-0.2, 0) is 0 Å². The number of carbonyl (C=O) groups excluding carboxylic acids is 1. The summed E-state index contributed by atoms with van der Waals surface area (Å²) in [6.07, 6.45) is 3.01. The average molecular weight is 543 g/mol. The molecule has 2 aromatic carbocycles. The number of pyridine rings is 3. The molecule has 40 heavy (non-hydrogen) atoms. The third-order valence-corrected chi connectivity index (χ3v) is 6.71. The van der Waals surface area contributed by atoms with Crippen molar-refractivity contribution in [3.05, 3.63) is 111 Å². The minimum Gasteiger partial charge on any atom is -0.495 e. The van der Waals surface area contributed by atoms with Gasteiger partial charge in [0.05, 0.1) is 18.8 Å². The fourth-order valence-corrected chi connectivity index (χ4v) is 4.37. The second kappa shape index (κ2) is 10.6. The second-order valence-electron chi connectivity index (χ2n) is 9.08. The molecule has 5 aromatic rings. The fourth-order valence-electron chi connectivity index (χ4n) is 4.37. The lowest BCUT2D eigenvalue weighted by atomic mass is 10.0. The Morgan fingerprint density at radius 3 is 2.38 bits per heavy atom. The highest BCUT2D eigenvalue weighted by Gasteiger charge is 2.22. The smallest absolute Gasteiger partial charge is 0.268 e. The molecule has 10 heteroatoms. The van der Waals surface area contributed by atoms with Crippen molar-refractivity contribution in [2.75, 3.05) is 12.4 Å². The van der Waals surface area contributed by atoms with Crippen LogP contribution in [0.15, 0.2) is 71.8 Å². The molecule has 3 heterocycles. The largest absolute Gasteiger partial charge is 0.495 e. The van der Waals surface area contributed by atoms with Crippen molar-refractivity contribution in [3.8, 4) is 22.9 Å². The summed E-state index contributed by atoms with van der Waals surface area (Å²) in [5.41, 5.74) is 2.64. The molecule has 0 saturated carbocycles. The maximum atomic E-state index is 15.1. The van der Waals surface area contributed by atoms with Crippen LogP contribution in [-0.4, -0.2) is 27.6 Å². The molecule has 0 saturated heterocycles. The quantitative estimate of drug-likeness (QED) is 0.281. The van der Waals surface area contributed by atoms with Crippen LogP contribution in [0.1, 0.15) is 27.2 Å². The highest BCUT2D eigenvalue weighted by Crippen LogP contribution is 2.31. The molecule has 0 aliphatic carbocycles. The number of nitrogens with zero attached hydrogens (tertiary/aromatic N) is 3. The molecular formula is C30H24F2N4O4. The highest BCUT2D eigenvalue weighted by atomic mass is 19.1. The van der Waals surface area contributed by atoms with Crippen molar-refractivity contribution >= 4 is 22.6 Å². The van der Waals surface area contributed by atoms with Crippen LogP contribution in [0.25, 0.3) is 16.7 Å². The molecule has 1 amide bonds. The van der Waals surface area contributed by atoms with Crippen molar-refractivity contribution in [1.29, 1.82) is 0 Å². The first kappa shape index (κ1) is 26.5. The van der Waals surface area contributed by atoms with Gasteiger partial charge < -0.3 is 14.8 Å². The van der Waals surface area contributed by atoms with Gasteiger partial charge in [-0.25, -0.2) is 13.8 Å². The standard InChI is InChI=1S/C30H24F2N4O4/c1-16-17(2)27(30(38)36(18(16)3)21-8-5-19(31)6-9-21)29(37)35-20-7-10-25(23(32)13-20)40-26-11-12-33-24-14-22(39-4)15-34-28(24)26/h5-15H,1-4H3,(H,35,37). The summed E-state index contributed by atoms with van der Waals surface area (Å²) >= 11 is 0. The summed E-state index contributed by atoms with van der Waals surface area (Å²) in [5.74, 6) is -1.17. The Balaban J connectivity index is 1.44. The molecule has 0 aliphatic rings. The van der Waals surface area contributed by atoms with Gasteiger partial charge in [-0.05, 0) is 68.3 Å². The summed E-state index contributed by atoms with van der Waals surface area (Å²) in [6.45, 7) is 5.22. The van der Waals surface area contributed by atoms with E-state index in [1.165, 1.54) is 60.5 Å². The molecule has 0 fully saturated rings. The van der Waals surface area contributed by atoms with Crippen molar-refractivity contribution < 1.29 is 23.0 Å².